The van der Waals surface area contributed by atoms with Gasteiger partial charge >= 0.3 is 0 Å². The van der Waals surface area contributed by atoms with Gasteiger partial charge in [-0.1, -0.05) is 0 Å². The number of carbonyl (C=O) groups excluding carboxylic acids is 2. The highest BCUT2D eigenvalue weighted by Crippen LogP contribution is 2.33. The molecule has 5 nitrogen and oxygen atoms in total. The summed E-state index contributed by atoms with van der Waals surface area (Å²) in [5.41, 5.74) is 0.758. The molecule has 0 bridgehead atoms. The van der Waals surface area contributed by atoms with Crippen LogP contribution < -0.4 is 0 Å². The quantitative estimate of drug-likeness (QED) is 0.836. The predicted octanol–water partition coefficient (Wildman–Crippen LogP) is 1.37. The fourth-order valence-electron chi connectivity index (χ4n) is 4.15. The lowest BCUT2D eigenvalue weighted by Crippen LogP contribution is -2.39. The SMILES string of the molecule is O=C(c1ccsc1)N1C[C@@H]2CN(CCN3CCCC3)C(=O)[C@@H]2C1. The second kappa shape index (κ2) is 6.24. The molecule has 3 aliphatic heterocycles. The highest BCUT2D eigenvalue weighted by atomic mass is 32.1. The van der Waals surface area contributed by atoms with Crippen molar-refractivity contribution >= 4 is 23.2 Å². The maximum Gasteiger partial charge on any atom is 0.254 e. The van der Waals surface area contributed by atoms with Gasteiger partial charge in [-0.25, -0.2) is 0 Å². The Morgan fingerprint density at radius 1 is 1.17 bits per heavy atom. The van der Waals surface area contributed by atoms with Gasteiger partial charge in [0.05, 0.1) is 11.5 Å². The van der Waals surface area contributed by atoms with Crippen LogP contribution in [0.3, 0.4) is 0 Å². The molecule has 1 aromatic rings. The molecule has 2 atom stereocenters. The number of thiophene rings is 1. The van der Waals surface area contributed by atoms with E-state index >= 15 is 0 Å². The average molecular weight is 333 g/mol. The van der Waals surface area contributed by atoms with Crippen LogP contribution in [0.25, 0.3) is 0 Å². The van der Waals surface area contributed by atoms with Crippen LogP contribution in [0.15, 0.2) is 16.8 Å². The van der Waals surface area contributed by atoms with E-state index in [1.807, 2.05) is 26.6 Å². The van der Waals surface area contributed by atoms with E-state index < -0.39 is 0 Å². The molecule has 3 fully saturated rings. The molecule has 4 heterocycles. The zero-order valence-electron chi connectivity index (χ0n) is 13.3. The molecule has 0 saturated carbocycles. The van der Waals surface area contributed by atoms with Gasteiger partial charge in [0.1, 0.15) is 0 Å². The molecular weight excluding hydrogens is 310 g/mol. The molecule has 0 aromatic carbocycles. The van der Waals surface area contributed by atoms with Crippen LogP contribution in [-0.4, -0.2) is 72.3 Å². The molecular formula is C17H23N3O2S. The first-order valence-corrected chi connectivity index (χ1v) is 9.49. The van der Waals surface area contributed by atoms with Gasteiger partial charge < -0.3 is 14.7 Å². The van der Waals surface area contributed by atoms with Crippen LogP contribution in [0.5, 0.6) is 0 Å². The molecule has 0 unspecified atom stereocenters. The lowest BCUT2D eigenvalue weighted by Gasteiger charge is -2.24. The third-order valence-corrected chi connectivity index (χ3v) is 6.15. The normalized spacial score (nSPS) is 27.9. The van der Waals surface area contributed by atoms with Crippen molar-refractivity contribution in [1.29, 1.82) is 0 Å². The van der Waals surface area contributed by atoms with Gasteiger partial charge in [0.15, 0.2) is 0 Å². The molecule has 0 spiro atoms. The first-order valence-electron chi connectivity index (χ1n) is 8.55. The molecule has 0 aliphatic carbocycles. The summed E-state index contributed by atoms with van der Waals surface area (Å²) in [5, 5.41) is 3.82. The molecule has 23 heavy (non-hydrogen) atoms. The highest BCUT2D eigenvalue weighted by molar-refractivity contribution is 7.08. The Balaban J connectivity index is 1.32. The molecule has 1 aromatic heterocycles. The Bertz CT molecular complexity index is 583. The fourth-order valence-corrected chi connectivity index (χ4v) is 4.78. The second-order valence-corrected chi connectivity index (χ2v) is 7.70. The number of amides is 2. The topological polar surface area (TPSA) is 43.9 Å². The van der Waals surface area contributed by atoms with Gasteiger partial charge in [0.25, 0.3) is 5.91 Å². The summed E-state index contributed by atoms with van der Waals surface area (Å²) in [4.78, 5) is 31.4. The maximum absolute atomic E-state index is 12.6. The number of nitrogens with zero attached hydrogens (tertiary/aromatic N) is 3. The smallest absolute Gasteiger partial charge is 0.254 e. The van der Waals surface area contributed by atoms with Crippen LogP contribution in [0.2, 0.25) is 0 Å². The zero-order valence-corrected chi connectivity index (χ0v) is 14.1. The van der Waals surface area contributed by atoms with Crippen molar-refractivity contribution in [3.05, 3.63) is 22.4 Å². The molecule has 3 saturated heterocycles. The van der Waals surface area contributed by atoms with Gasteiger partial charge in [-0.05, 0) is 37.4 Å². The van der Waals surface area contributed by atoms with E-state index in [1.165, 1.54) is 25.9 Å². The van der Waals surface area contributed by atoms with Crippen molar-refractivity contribution in [2.75, 3.05) is 45.8 Å². The van der Waals surface area contributed by atoms with Gasteiger partial charge in [0, 0.05) is 44.0 Å². The van der Waals surface area contributed by atoms with Crippen LogP contribution in [0, 0.1) is 11.8 Å². The minimum Gasteiger partial charge on any atom is -0.341 e. The summed E-state index contributed by atoms with van der Waals surface area (Å²) in [7, 11) is 0. The van der Waals surface area contributed by atoms with Crippen LogP contribution in [0.4, 0.5) is 0 Å². The lowest BCUT2D eigenvalue weighted by atomic mass is 10.0. The van der Waals surface area contributed by atoms with E-state index in [2.05, 4.69) is 4.90 Å². The Labute approximate surface area is 140 Å². The number of fused-ring (bicyclic) bond motifs is 1. The van der Waals surface area contributed by atoms with E-state index in [0.717, 1.165) is 31.7 Å². The van der Waals surface area contributed by atoms with Crippen molar-refractivity contribution in [3.63, 3.8) is 0 Å². The van der Waals surface area contributed by atoms with Crippen molar-refractivity contribution in [2.45, 2.75) is 12.8 Å². The monoisotopic (exact) mass is 333 g/mol. The standard InChI is InChI=1S/C17H23N3O2S/c21-16(13-3-8-23-12-13)20-10-14-9-19(17(22)15(14)11-20)7-6-18-4-1-2-5-18/h3,8,12,14-15H,1-2,4-7,9-11H2/t14-,15+/m0/s1. The van der Waals surface area contributed by atoms with Crippen LogP contribution >= 0.6 is 11.3 Å². The van der Waals surface area contributed by atoms with Crippen LogP contribution in [-0.2, 0) is 4.79 Å². The Hall–Kier alpha value is -1.40. The Morgan fingerprint density at radius 3 is 2.70 bits per heavy atom. The summed E-state index contributed by atoms with van der Waals surface area (Å²) in [5.74, 6) is 0.687. The van der Waals surface area contributed by atoms with Crippen molar-refractivity contribution in [1.82, 2.24) is 14.7 Å². The second-order valence-electron chi connectivity index (χ2n) is 6.92. The summed E-state index contributed by atoms with van der Waals surface area (Å²) in [6.07, 6.45) is 2.58. The molecule has 2 amide bonds. The number of rotatable bonds is 4. The zero-order chi connectivity index (χ0) is 15.8. The van der Waals surface area contributed by atoms with E-state index in [4.69, 9.17) is 0 Å². The van der Waals surface area contributed by atoms with E-state index in [1.54, 1.807) is 11.3 Å². The highest BCUT2D eigenvalue weighted by Gasteiger charge is 2.47. The van der Waals surface area contributed by atoms with E-state index in [0.29, 0.717) is 12.5 Å². The molecule has 6 heteroatoms. The van der Waals surface area contributed by atoms with E-state index in [9.17, 15) is 9.59 Å². The molecule has 0 radical (unpaired) electrons. The minimum atomic E-state index is 0.0242. The summed E-state index contributed by atoms with van der Waals surface area (Å²) in [6, 6.07) is 1.87. The third kappa shape index (κ3) is 2.90. The number of likely N-dealkylation sites (tertiary alicyclic amines) is 3. The Morgan fingerprint density at radius 2 is 2.00 bits per heavy atom. The van der Waals surface area contributed by atoms with Gasteiger partial charge in [-0.2, -0.15) is 11.3 Å². The first kappa shape index (κ1) is 15.1. The van der Waals surface area contributed by atoms with Gasteiger partial charge in [-0.15, -0.1) is 0 Å². The largest absolute Gasteiger partial charge is 0.341 e. The maximum atomic E-state index is 12.6. The van der Waals surface area contributed by atoms with Gasteiger partial charge in [0.2, 0.25) is 5.91 Å². The number of hydrogen-bond donors (Lipinski definition) is 0. The van der Waals surface area contributed by atoms with E-state index in [-0.39, 0.29) is 17.7 Å². The predicted molar refractivity (Wildman–Crippen MR) is 89.5 cm³/mol. The Kier molecular flexibility index (Phi) is 4.11. The molecule has 0 N–H and O–H groups in total. The van der Waals surface area contributed by atoms with Crippen molar-refractivity contribution in [2.24, 2.45) is 11.8 Å². The number of hydrogen-bond acceptors (Lipinski definition) is 4. The minimum absolute atomic E-state index is 0.0242. The average Bonchev–Trinajstić information content (AvgIpc) is 3.32. The summed E-state index contributed by atoms with van der Waals surface area (Å²) < 4.78 is 0. The van der Waals surface area contributed by atoms with Gasteiger partial charge in [-0.3, -0.25) is 9.59 Å². The molecule has 4 rings (SSSR count). The number of carbonyl (C=O) groups is 2. The fraction of sp³-hybridized carbons (Fsp3) is 0.647. The molecule has 3 aliphatic rings. The lowest BCUT2D eigenvalue weighted by molar-refractivity contribution is -0.131. The summed E-state index contributed by atoms with van der Waals surface area (Å²) >= 11 is 1.54. The van der Waals surface area contributed by atoms with Crippen molar-refractivity contribution < 1.29 is 9.59 Å². The van der Waals surface area contributed by atoms with Crippen molar-refractivity contribution in [3.8, 4) is 0 Å². The summed E-state index contributed by atoms with van der Waals surface area (Å²) in [6.45, 7) is 6.36. The first-order chi connectivity index (χ1) is 11.2. The third-order valence-electron chi connectivity index (χ3n) is 5.46. The van der Waals surface area contributed by atoms with Crippen LogP contribution in [0.1, 0.15) is 23.2 Å². The molecule has 124 valence electrons.